The zero-order chi connectivity index (χ0) is 19.1. The van der Waals surface area contributed by atoms with Crippen molar-refractivity contribution in [1.82, 2.24) is 0 Å². The SMILES string of the molecule is COc1ccccc1O[C@H](Cc1ccc(Oc2ccccc2)cc1)C(=O)O. The molecule has 0 aromatic heterocycles. The number of ether oxygens (including phenoxy) is 3. The average molecular weight is 364 g/mol. The third-order valence-corrected chi connectivity index (χ3v) is 3.94. The van der Waals surface area contributed by atoms with Gasteiger partial charge < -0.3 is 19.3 Å². The Kier molecular flexibility index (Phi) is 5.94. The van der Waals surface area contributed by atoms with Crippen molar-refractivity contribution in [3.05, 3.63) is 84.4 Å². The lowest BCUT2D eigenvalue weighted by atomic mass is 10.1. The van der Waals surface area contributed by atoms with Gasteiger partial charge in [0.15, 0.2) is 17.6 Å². The van der Waals surface area contributed by atoms with Crippen LogP contribution in [0.5, 0.6) is 23.0 Å². The van der Waals surface area contributed by atoms with E-state index in [4.69, 9.17) is 14.2 Å². The molecule has 5 heteroatoms. The molecule has 0 heterocycles. The molecule has 3 aromatic rings. The van der Waals surface area contributed by atoms with Crippen LogP contribution in [0.4, 0.5) is 0 Å². The van der Waals surface area contributed by atoms with Gasteiger partial charge in [0.25, 0.3) is 0 Å². The van der Waals surface area contributed by atoms with Gasteiger partial charge in [0.1, 0.15) is 11.5 Å². The first-order valence-corrected chi connectivity index (χ1v) is 8.50. The fourth-order valence-corrected chi connectivity index (χ4v) is 2.58. The Labute approximate surface area is 157 Å². The molecule has 3 rings (SSSR count). The number of hydrogen-bond donors (Lipinski definition) is 1. The lowest BCUT2D eigenvalue weighted by Gasteiger charge is -2.17. The summed E-state index contributed by atoms with van der Waals surface area (Å²) in [4.78, 5) is 11.6. The van der Waals surface area contributed by atoms with Crippen LogP contribution in [0.1, 0.15) is 5.56 Å². The number of carbonyl (C=O) groups is 1. The number of rotatable bonds is 8. The number of aliphatic carboxylic acids is 1. The summed E-state index contributed by atoms with van der Waals surface area (Å²) in [6.07, 6.45) is -0.805. The Morgan fingerprint density at radius 2 is 1.44 bits per heavy atom. The van der Waals surface area contributed by atoms with Crippen molar-refractivity contribution >= 4 is 5.97 Å². The molecule has 27 heavy (non-hydrogen) atoms. The van der Waals surface area contributed by atoms with Gasteiger partial charge in [-0.2, -0.15) is 0 Å². The van der Waals surface area contributed by atoms with Crippen molar-refractivity contribution in [2.24, 2.45) is 0 Å². The van der Waals surface area contributed by atoms with Crippen molar-refractivity contribution in [3.63, 3.8) is 0 Å². The van der Waals surface area contributed by atoms with Crippen molar-refractivity contribution < 1.29 is 24.1 Å². The largest absolute Gasteiger partial charge is 0.493 e. The second kappa shape index (κ2) is 8.76. The zero-order valence-corrected chi connectivity index (χ0v) is 14.9. The number of methoxy groups -OCH3 is 1. The maximum atomic E-state index is 11.6. The smallest absolute Gasteiger partial charge is 0.345 e. The van der Waals surface area contributed by atoms with Crippen molar-refractivity contribution in [1.29, 1.82) is 0 Å². The van der Waals surface area contributed by atoms with Crippen LogP contribution >= 0.6 is 0 Å². The first-order chi connectivity index (χ1) is 13.2. The summed E-state index contributed by atoms with van der Waals surface area (Å²) in [6, 6.07) is 23.7. The van der Waals surface area contributed by atoms with E-state index in [0.29, 0.717) is 17.2 Å². The molecule has 0 aliphatic carbocycles. The van der Waals surface area contributed by atoms with Crippen molar-refractivity contribution in [3.8, 4) is 23.0 Å². The normalized spacial score (nSPS) is 11.4. The van der Waals surface area contributed by atoms with Crippen molar-refractivity contribution in [2.45, 2.75) is 12.5 Å². The van der Waals surface area contributed by atoms with Gasteiger partial charge in [-0.05, 0) is 42.0 Å². The maximum absolute atomic E-state index is 11.6. The van der Waals surface area contributed by atoms with E-state index in [1.54, 1.807) is 24.3 Å². The maximum Gasteiger partial charge on any atom is 0.345 e. The number of carboxylic acids is 1. The van der Waals surface area contributed by atoms with Crippen LogP contribution in [0, 0.1) is 0 Å². The molecule has 0 unspecified atom stereocenters. The molecular weight excluding hydrogens is 344 g/mol. The molecule has 0 bridgehead atoms. The fraction of sp³-hybridized carbons (Fsp3) is 0.136. The second-order valence-electron chi connectivity index (χ2n) is 5.86. The molecule has 138 valence electrons. The number of hydrogen-bond acceptors (Lipinski definition) is 4. The second-order valence-corrected chi connectivity index (χ2v) is 5.86. The molecule has 0 saturated heterocycles. The average Bonchev–Trinajstić information content (AvgIpc) is 2.70. The first-order valence-electron chi connectivity index (χ1n) is 8.50. The van der Waals surface area contributed by atoms with Crippen LogP contribution < -0.4 is 14.2 Å². The molecule has 0 aliphatic rings. The predicted octanol–water partition coefficient (Wildman–Crippen LogP) is 4.56. The Morgan fingerprint density at radius 3 is 2.07 bits per heavy atom. The van der Waals surface area contributed by atoms with Gasteiger partial charge in [-0.15, -0.1) is 0 Å². The lowest BCUT2D eigenvalue weighted by Crippen LogP contribution is -2.29. The van der Waals surface area contributed by atoms with Gasteiger partial charge >= 0.3 is 5.97 Å². The summed E-state index contributed by atoms with van der Waals surface area (Å²) in [5.41, 5.74) is 0.831. The number of carboxylic acid groups (broad SMARTS) is 1. The standard InChI is InChI=1S/C22H20O5/c1-25-19-9-5-6-10-20(19)27-21(22(23)24)15-16-11-13-18(14-12-16)26-17-7-3-2-4-8-17/h2-14,21H,15H2,1H3,(H,23,24)/t21-/m1/s1. The van der Waals surface area contributed by atoms with E-state index in [0.717, 1.165) is 11.3 Å². The molecule has 0 amide bonds. The Hall–Kier alpha value is -3.47. The van der Waals surface area contributed by atoms with E-state index in [-0.39, 0.29) is 6.42 Å². The third kappa shape index (κ3) is 5.01. The highest BCUT2D eigenvalue weighted by Gasteiger charge is 2.21. The molecule has 3 aromatic carbocycles. The minimum absolute atomic E-state index is 0.221. The molecule has 0 aliphatic heterocycles. The highest BCUT2D eigenvalue weighted by molar-refractivity contribution is 5.73. The van der Waals surface area contributed by atoms with E-state index in [9.17, 15) is 9.90 Å². The molecule has 1 atom stereocenters. The molecule has 0 saturated carbocycles. The third-order valence-electron chi connectivity index (χ3n) is 3.94. The molecule has 1 N–H and O–H groups in total. The zero-order valence-electron chi connectivity index (χ0n) is 14.9. The van der Waals surface area contributed by atoms with Gasteiger partial charge in [-0.1, -0.05) is 42.5 Å². The van der Waals surface area contributed by atoms with Crippen LogP contribution in [0.15, 0.2) is 78.9 Å². The summed E-state index contributed by atoms with van der Waals surface area (Å²) in [6.45, 7) is 0. The van der Waals surface area contributed by atoms with Gasteiger partial charge in [0.05, 0.1) is 7.11 Å². The van der Waals surface area contributed by atoms with E-state index in [1.165, 1.54) is 7.11 Å². The van der Waals surface area contributed by atoms with Crippen molar-refractivity contribution in [2.75, 3.05) is 7.11 Å². The molecular formula is C22H20O5. The number of benzene rings is 3. The predicted molar refractivity (Wildman–Crippen MR) is 102 cm³/mol. The Balaban J connectivity index is 1.68. The topological polar surface area (TPSA) is 65.0 Å². The molecule has 5 nitrogen and oxygen atoms in total. The fourth-order valence-electron chi connectivity index (χ4n) is 2.58. The molecule has 0 spiro atoms. The Bertz CT molecular complexity index is 875. The summed E-state index contributed by atoms with van der Waals surface area (Å²) < 4.78 is 16.6. The van der Waals surface area contributed by atoms with E-state index >= 15 is 0 Å². The van der Waals surface area contributed by atoms with Crippen LogP contribution in [0.2, 0.25) is 0 Å². The summed E-state index contributed by atoms with van der Waals surface area (Å²) in [5, 5.41) is 9.52. The van der Waals surface area contributed by atoms with Gasteiger partial charge in [-0.25, -0.2) is 4.79 Å². The van der Waals surface area contributed by atoms with Gasteiger partial charge in [0, 0.05) is 6.42 Å². The molecule has 0 fully saturated rings. The first kappa shape index (κ1) is 18.3. The highest BCUT2D eigenvalue weighted by Crippen LogP contribution is 2.28. The van der Waals surface area contributed by atoms with Gasteiger partial charge in [-0.3, -0.25) is 0 Å². The van der Waals surface area contributed by atoms with Crippen LogP contribution in [0.25, 0.3) is 0 Å². The minimum Gasteiger partial charge on any atom is -0.493 e. The molecule has 0 radical (unpaired) electrons. The summed E-state index contributed by atoms with van der Waals surface area (Å²) in [7, 11) is 1.52. The monoisotopic (exact) mass is 364 g/mol. The van der Waals surface area contributed by atoms with E-state index in [1.807, 2.05) is 54.6 Å². The van der Waals surface area contributed by atoms with Gasteiger partial charge in [0.2, 0.25) is 0 Å². The van der Waals surface area contributed by atoms with E-state index < -0.39 is 12.1 Å². The summed E-state index contributed by atoms with van der Waals surface area (Å²) in [5.74, 6) is 1.29. The number of para-hydroxylation sites is 3. The minimum atomic E-state index is -1.04. The Morgan fingerprint density at radius 1 is 0.852 bits per heavy atom. The lowest BCUT2D eigenvalue weighted by molar-refractivity contribution is -0.145. The quantitative estimate of drug-likeness (QED) is 0.635. The van der Waals surface area contributed by atoms with E-state index in [2.05, 4.69) is 0 Å². The summed E-state index contributed by atoms with van der Waals surface area (Å²) >= 11 is 0. The van der Waals surface area contributed by atoms with Crippen LogP contribution in [0.3, 0.4) is 0 Å². The highest BCUT2D eigenvalue weighted by atomic mass is 16.5. The van der Waals surface area contributed by atoms with Crippen LogP contribution in [-0.4, -0.2) is 24.3 Å². The van der Waals surface area contributed by atoms with Crippen LogP contribution in [-0.2, 0) is 11.2 Å².